The van der Waals surface area contributed by atoms with E-state index in [4.69, 9.17) is 33.2 Å². The molecule has 0 aliphatic carbocycles. The van der Waals surface area contributed by atoms with Crippen LogP contribution in [0.3, 0.4) is 0 Å². The minimum absolute atomic E-state index is 0.553. The summed E-state index contributed by atoms with van der Waals surface area (Å²) < 4.78 is 37.1. The topological polar surface area (TPSA) is 187 Å². The first kappa shape index (κ1) is 32.4. The van der Waals surface area contributed by atoms with Crippen LogP contribution in [0.25, 0.3) is 0 Å². The summed E-state index contributed by atoms with van der Waals surface area (Å²) in [5.41, 5.74) is 0. The molecule has 1 heterocycles. The molecule has 15 nitrogen and oxygen atoms in total. The minimum atomic E-state index is -2.30. The van der Waals surface area contributed by atoms with E-state index in [9.17, 15) is 33.6 Å². The van der Waals surface area contributed by atoms with Gasteiger partial charge in [0.15, 0.2) is 12.2 Å². The number of carbonyl (C=O) groups excluding carboxylic acids is 7. The number of esters is 5. The Kier molecular flexibility index (Phi) is 11.8. The highest BCUT2D eigenvalue weighted by molar-refractivity contribution is 5.93. The molecule has 0 aromatic heterocycles. The van der Waals surface area contributed by atoms with Gasteiger partial charge < -0.3 is 33.2 Å². The predicted molar refractivity (Wildman–Crippen MR) is 122 cm³/mol. The van der Waals surface area contributed by atoms with E-state index in [0.717, 1.165) is 55.8 Å². The molecular weight excluding hydrogens is 514 g/mol. The van der Waals surface area contributed by atoms with E-state index in [-0.39, 0.29) is 0 Å². The highest BCUT2D eigenvalue weighted by Gasteiger charge is 2.60. The Hall–Kier alpha value is -3.59. The first-order valence-electron chi connectivity index (χ1n) is 11.4. The number of nitrogens with zero attached hydrogens (tertiary/aromatic N) is 1. The monoisotopic (exact) mass is 547 g/mol. The summed E-state index contributed by atoms with van der Waals surface area (Å²) in [4.78, 5) is 86.4. The van der Waals surface area contributed by atoms with Gasteiger partial charge in [-0.1, -0.05) is 0 Å². The second kappa shape index (κ2) is 13.8. The van der Waals surface area contributed by atoms with Gasteiger partial charge in [0.2, 0.25) is 11.8 Å². The van der Waals surface area contributed by atoms with Crippen molar-refractivity contribution >= 4 is 41.7 Å². The van der Waals surface area contributed by atoms with E-state index < -0.39 is 90.9 Å². The number of ether oxygens (including phenoxy) is 7. The number of amides is 2. The molecule has 0 aromatic rings. The first-order valence-corrected chi connectivity index (χ1v) is 11.4. The van der Waals surface area contributed by atoms with Crippen LogP contribution < -0.4 is 0 Å². The predicted octanol–water partition coefficient (Wildman–Crippen LogP) is -0.587. The van der Waals surface area contributed by atoms with E-state index in [0.29, 0.717) is 4.90 Å². The fraction of sp³-hybridized carbons (Fsp3) is 0.696. The molecule has 15 heteroatoms. The van der Waals surface area contributed by atoms with Crippen LogP contribution >= 0.6 is 0 Å². The van der Waals surface area contributed by atoms with Crippen LogP contribution in [0.5, 0.6) is 0 Å². The fourth-order valence-electron chi connectivity index (χ4n) is 4.13. The molecule has 6 atom stereocenters. The van der Waals surface area contributed by atoms with Crippen molar-refractivity contribution in [3.8, 4) is 0 Å². The van der Waals surface area contributed by atoms with Gasteiger partial charge >= 0.3 is 29.8 Å². The van der Waals surface area contributed by atoms with E-state index >= 15 is 0 Å². The number of imide groups is 1. The van der Waals surface area contributed by atoms with Gasteiger partial charge in [-0.2, -0.15) is 0 Å². The molecule has 0 bridgehead atoms. The molecule has 38 heavy (non-hydrogen) atoms. The third-order valence-electron chi connectivity index (χ3n) is 5.39. The molecule has 1 aliphatic rings. The van der Waals surface area contributed by atoms with Crippen molar-refractivity contribution in [2.45, 2.75) is 84.2 Å². The van der Waals surface area contributed by atoms with Gasteiger partial charge in [0.1, 0.15) is 24.9 Å². The number of rotatable bonds is 10. The molecule has 2 amide bonds. The summed E-state index contributed by atoms with van der Waals surface area (Å²) in [6.45, 7) is 5.58. The van der Waals surface area contributed by atoms with Crippen molar-refractivity contribution in [3.63, 3.8) is 0 Å². The van der Waals surface area contributed by atoms with Gasteiger partial charge in [-0.15, -0.1) is 0 Å². The molecule has 1 rings (SSSR count). The van der Waals surface area contributed by atoms with E-state index in [1.807, 2.05) is 0 Å². The molecule has 1 aliphatic heterocycles. The van der Waals surface area contributed by atoms with Crippen molar-refractivity contribution in [2.75, 3.05) is 20.8 Å². The molecule has 0 spiro atoms. The summed E-state index contributed by atoms with van der Waals surface area (Å²) in [6, 6.07) is -1.54. The molecule has 0 aromatic carbocycles. The van der Waals surface area contributed by atoms with Crippen LogP contribution in [0.2, 0.25) is 0 Å². The number of carbonyl (C=O) groups is 7. The van der Waals surface area contributed by atoms with E-state index in [1.165, 1.54) is 0 Å². The van der Waals surface area contributed by atoms with Gasteiger partial charge in [-0.25, -0.2) is 4.79 Å². The lowest BCUT2D eigenvalue weighted by atomic mass is 9.86. The second-order valence-corrected chi connectivity index (χ2v) is 8.31. The summed E-state index contributed by atoms with van der Waals surface area (Å²) >= 11 is 0. The van der Waals surface area contributed by atoms with Crippen molar-refractivity contribution < 1.29 is 66.7 Å². The van der Waals surface area contributed by atoms with Gasteiger partial charge in [0, 0.05) is 48.7 Å². The Labute approximate surface area is 218 Å². The minimum Gasteiger partial charge on any atom is -0.465 e. The first-order chi connectivity index (χ1) is 17.6. The zero-order valence-corrected chi connectivity index (χ0v) is 22.5. The lowest BCUT2D eigenvalue weighted by Gasteiger charge is -2.50. The highest BCUT2D eigenvalue weighted by atomic mass is 16.7. The summed E-state index contributed by atoms with van der Waals surface area (Å²) in [5, 5.41) is 0. The lowest BCUT2D eigenvalue weighted by molar-refractivity contribution is -0.313. The van der Waals surface area contributed by atoms with Crippen LogP contribution in [0, 0.1) is 0 Å². The lowest BCUT2D eigenvalue weighted by Crippen LogP contribution is -2.70. The van der Waals surface area contributed by atoms with Crippen LogP contribution in [0.4, 0.5) is 0 Å². The third kappa shape index (κ3) is 8.21. The van der Waals surface area contributed by atoms with Crippen molar-refractivity contribution in [3.05, 3.63) is 0 Å². The smallest absolute Gasteiger partial charge is 0.366 e. The second-order valence-electron chi connectivity index (χ2n) is 8.31. The molecule has 0 unspecified atom stereocenters. The van der Waals surface area contributed by atoms with Crippen LogP contribution in [0.1, 0.15) is 48.0 Å². The quantitative estimate of drug-likeness (QED) is 0.249. The molecule has 0 saturated carbocycles. The fourth-order valence-corrected chi connectivity index (χ4v) is 4.13. The van der Waals surface area contributed by atoms with Gasteiger partial charge in [-0.3, -0.25) is 33.7 Å². The van der Waals surface area contributed by atoms with Crippen LogP contribution in [0.15, 0.2) is 0 Å². The van der Waals surface area contributed by atoms with Crippen molar-refractivity contribution in [2.24, 2.45) is 0 Å². The molecule has 0 radical (unpaired) electrons. The maximum absolute atomic E-state index is 12.8. The molecule has 0 N–H and O–H groups in total. The standard InChI is InChI=1S/C23H33NO14/c1-11(25)24(12(2)26)19-17(35-14(4)28)9-23(33-8,22(31)32-7)38-21(19)20(37-16(6)30)18(36-15(5)29)10-34-13(3)27/h17-21H,9-10H2,1-8H3/t17-,18+,19+,20+,21+,23+/m0/s1. The SMILES string of the molecule is COC(=O)[C@@]1(OC)C[C@H](OC(C)=O)[C@@H](N(C(C)=O)C(C)=O)[C@H]([C@H](OC(C)=O)[C@@H](COC(C)=O)OC(C)=O)O1. The average Bonchev–Trinajstić information content (AvgIpc) is 2.79. The number of hydrogen-bond donors (Lipinski definition) is 0. The third-order valence-corrected chi connectivity index (χ3v) is 5.39. The molecular formula is C23H33NO14. The maximum atomic E-state index is 12.8. The van der Waals surface area contributed by atoms with Gasteiger partial charge in [-0.05, 0) is 0 Å². The summed E-state index contributed by atoms with van der Waals surface area (Å²) in [7, 11) is 2.11. The van der Waals surface area contributed by atoms with Gasteiger partial charge in [0.05, 0.1) is 13.5 Å². The number of hydrogen-bond acceptors (Lipinski definition) is 14. The Morgan fingerprint density at radius 2 is 1.39 bits per heavy atom. The maximum Gasteiger partial charge on any atom is 0.366 e. The Morgan fingerprint density at radius 3 is 1.79 bits per heavy atom. The molecule has 1 saturated heterocycles. The zero-order chi connectivity index (χ0) is 29.4. The Balaban J connectivity index is 3.97. The Bertz CT molecular complexity index is 934. The van der Waals surface area contributed by atoms with E-state index in [2.05, 4.69) is 0 Å². The Morgan fingerprint density at radius 1 is 0.842 bits per heavy atom. The van der Waals surface area contributed by atoms with Crippen LogP contribution in [-0.4, -0.2) is 104 Å². The van der Waals surface area contributed by atoms with Gasteiger partial charge in [0.25, 0.3) is 5.79 Å². The van der Waals surface area contributed by atoms with E-state index in [1.54, 1.807) is 0 Å². The highest BCUT2D eigenvalue weighted by Crippen LogP contribution is 2.38. The van der Waals surface area contributed by atoms with Crippen molar-refractivity contribution in [1.29, 1.82) is 0 Å². The zero-order valence-electron chi connectivity index (χ0n) is 22.5. The summed E-state index contributed by atoms with van der Waals surface area (Å²) in [5.74, 6) is -8.49. The largest absolute Gasteiger partial charge is 0.465 e. The van der Waals surface area contributed by atoms with Crippen molar-refractivity contribution in [1.82, 2.24) is 4.90 Å². The summed E-state index contributed by atoms with van der Waals surface area (Å²) in [6.07, 6.45) is -7.08. The molecule has 214 valence electrons. The average molecular weight is 548 g/mol. The van der Waals surface area contributed by atoms with Crippen LogP contribution in [-0.2, 0) is 66.7 Å². The number of methoxy groups -OCH3 is 2. The normalized spacial score (nSPS) is 24.2. The molecule has 1 fully saturated rings.